The van der Waals surface area contributed by atoms with Crippen LogP contribution in [0.2, 0.25) is 0 Å². The lowest BCUT2D eigenvalue weighted by molar-refractivity contribution is 0.0695. The third-order valence-corrected chi connectivity index (χ3v) is 5.27. The van der Waals surface area contributed by atoms with E-state index in [-0.39, 0.29) is 29.1 Å². The third kappa shape index (κ3) is 2.49. The fourth-order valence-corrected chi connectivity index (χ4v) is 3.93. The molecule has 1 aromatic rings. The molecule has 1 fully saturated rings. The second-order valence-corrected chi connectivity index (χ2v) is 6.45. The molecule has 104 valence electrons. The molecule has 1 aromatic carbocycles. The van der Waals surface area contributed by atoms with Crippen molar-refractivity contribution in [1.82, 2.24) is 4.31 Å². The molecule has 0 bridgehead atoms. The summed E-state index contributed by atoms with van der Waals surface area (Å²) in [5.74, 6) is -1.16. The van der Waals surface area contributed by atoms with E-state index in [9.17, 15) is 18.3 Å². The number of sulfonamides is 1. The molecule has 19 heavy (non-hydrogen) atoms. The van der Waals surface area contributed by atoms with Gasteiger partial charge in [-0.15, -0.1) is 0 Å². The molecular weight excluding hydrogens is 270 g/mol. The van der Waals surface area contributed by atoms with Crippen molar-refractivity contribution in [1.29, 1.82) is 0 Å². The summed E-state index contributed by atoms with van der Waals surface area (Å²) in [5, 5.41) is 18.4. The number of β-amino-alcohol motifs (C(OH)–C–C–N with tert-alkyl or cyclic N) is 1. The van der Waals surface area contributed by atoms with Gasteiger partial charge in [-0.25, -0.2) is 13.2 Å². The Morgan fingerprint density at radius 2 is 2.11 bits per heavy atom. The van der Waals surface area contributed by atoms with Crippen LogP contribution in [0.5, 0.6) is 0 Å². The highest BCUT2D eigenvalue weighted by molar-refractivity contribution is 7.89. The van der Waals surface area contributed by atoms with Crippen molar-refractivity contribution in [3.8, 4) is 0 Å². The molecule has 7 heteroatoms. The van der Waals surface area contributed by atoms with Crippen LogP contribution < -0.4 is 0 Å². The van der Waals surface area contributed by atoms with Gasteiger partial charge in [-0.3, -0.25) is 0 Å². The summed E-state index contributed by atoms with van der Waals surface area (Å²) in [4.78, 5) is 11.0. The fraction of sp³-hybridized carbons (Fsp3) is 0.417. The Morgan fingerprint density at radius 3 is 2.63 bits per heavy atom. The first-order valence-electron chi connectivity index (χ1n) is 5.85. The van der Waals surface area contributed by atoms with Crippen molar-refractivity contribution in [2.24, 2.45) is 0 Å². The highest BCUT2D eigenvalue weighted by Crippen LogP contribution is 2.25. The Kier molecular flexibility index (Phi) is 3.62. The van der Waals surface area contributed by atoms with Crippen LogP contribution in [-0.2, 0) is 10.0 Å². The predicted octanol–water partition coefficient (Wildman–Crippen LogP) is 0.449. The number of nitrogens with zero attached hydrogens (tertiary/aromatic N) is 1. The zero-order valence-corrected chi connectivity index (χ0v) is 11.2. The van der Waals surface area contributed by atoms with Gasteiger partial charge in [-0.1, -0.05) is 6.07 Å². The molecule has 1 aliphatic rings. The molecule has 1 atom stereocenters. The average molecular weight is 285 g/mol. The summed E-state index contributed by atoms with van der Waals surface area (Å²) in [6, 6.07) is 4.17. The van der Waals surface area contributed by atoms with E-state index >= 15 is 0 Å². The zero-order chi connectivity index (χ0) is 14.2. The molecule has 6 nitrogen and oxygen atoms in total. The van der Waals surface area contributed by atoms with E-state index in [0.717, 1.165) is 0 Å². The highest BCUT2D eigenvalue weighted by Gasteiger charge is 2.33. The number of carboxylic acid groups (broad SMARTS) is 1. The van der Waals surface area contributed by atoms with Crippen LogP contribution in [-0.4, -0.2) is 48.1 Å². The van der Waals surface area contributed by atoms with Crippen molar-refractivity contribution in [2.75, 3.05) is 13.1 Å². The van der Waals surface area contributed by atoms with Crippen LogP contribution in [0.3, 0.4) is 0 Å². The predicted molar refractivity (Wildman–Crippen MR) is 67.5 cm³/mol. The molecule has 0 radical (unpaired) electrons. The molecule has 2 rings (SSSR count). The molecule has 1 heterocycles. The summed E-state index contributed by atoms with van der Waals surface area (Å²) in [6.07, 6.45) is -0.255. The van der Waals surface area contributed by atoms with Crippen LogP contribution in [0.4, 0.5) is 0 Å². The zero-order valence-electron chi connectivity index (χ0n) is 10.4. The maximum Gasteiger partial charge on any atom is 0.335 e. The van der Waals surface area contributed by atoms with E-state index in [0.29, 0.717) is 6.42 Å². The second kappa shape index (κ2) is 4.92. The van der Waals surface area contributed by atoms with Gasteiger partial charge in [0.2, 0.25) is 10.0 Å². The SMILES string of the molecule is Cc1c(C(=O)O)cccc1S(=O)(=O)N1CC[C@H](O)C1. The maximum atomic E-state index is 12.4. The van der Waals surface area contributed by atoms with Crippen molar-refractivity contribution in [3.63, 3.8) is 0 Å². The molecule has 0 aliphatic carbocycles. The van der Waals surface area contributed by atoms with Gasteiger partial charge in [0.15, 0.2) is 0 Å². The van der Waals surface area contributed by atoms with Gasteiger partial charge in [0.25, 0.3) is 0 Å². The Bertz CT molecular complexity index is 611. The number of rotatable bonds is 3. The first kappa shape index (κ1) is 14.0. The van der Waals surface area contributed by atoms with E-state index in [1.807, 2.05) is 0 Å². The third-order valence-electron chi connectivity index (χ3n) is 3.26. The number of benzene rings is 1. The minimum atomic E-state index is -3.75. The second-order valence-electron chi connectivity index (χ2n) is 4.54. The lowest BCUT2D eigenvalue weighted by atomic mass is 10.1. The Labute approximate surface area is 111 Å². The number of aromatic carboxylic acids is 1. The molecule has 0 saturated carbocycles. The van der Waals surface area contributed by atoms with Gasteiger partial charge in [-0.2, -0.15) is 4.31 Å². The number of aliphatic hydroxyl groups is 1. The minimum absolute atomic E-state index is 0.0125. The van der Waals surface area contributed by atoms with Gasteiger partial charge < -0.3 is 10.2 Å². The molecule has 1 aliphatic heterocycles. The van der Waals surface area contributed by atoms with Crippen LogP contribution in [0.25, 0.3) is 0 Å². The number of carbonyl (C=O) groups is 1. The summed E-state index contributed by atoms with van der Waals surface area (Å²) >= 11 is 0. The lowest BCUT2D eigenvalue weighted by Crippen LogP contribution is -2.30. The Balaban J connectivity index is 2.47. The van der Waals surface area contributed by atoms with Gasteiger partial charge in [0.05, 0.1) is 16.6 Å². The minimum Gasteiger partial charge on any atom is -0.478 e. The van der Waals surface area contributed by atoms with E-state index in [2.05, 4.69) is 0 Å². The normalized spacial score (nSPS) is 20.6. The topological polar surface area (TPSA) is 94.9 Å². The molecule has 0 amide bonds. The van der Waals surface area contributed by atoms with Crippen LogP contribution >= 0.6 is 0 Å². The monoisotopic (exact) mass is 285 g/mol. The maximum absolute atomic E-state index is 12.4. The van der Waals surface area contributed by atoms with E-state index in [1.165, 1.54) is 29.4 Å². The summed E-state index contributed by atoms with van der Waals surface area (Å²) in [7, 11) is -3.75. The van der Waals surface area contributed by atoms with E-state index in [4.69, 9.17) is 5.11 Å². The van der Waals surface area contributed by atoms with Gasteiger partial charge in [0, 0.05) is 13.1 Å². The first-order chi connectivity index (χ1) is 8.84. The van der Waals surface area contributed by atoms with Crippen molar-refractivity contribution >= 4 is 16.0 Å². The van der Waals surface area contributed by atoms with Gasteiger partial charge in [0.1, 0.15) is 0 Å². The van der Waals surface area contributed by atoms with Crippen molar-refractivity contribution in [2.45, 2.75) is 24.3 Å². The summed E-state index contributed by atoms with van der Waals surface area (Å²) in [6.45, 7) is 1.78. The van der Waals surface area contributed by atoms with Crippen LogP contribution in [0.15, 0.2) is 23.1 Å². The largest absolute Gasteiger partial charge is 0.478 e. The first-order valence-corrected chi connectivity index (χ1v) is 7.29. The molecular formula is C12H15NO5S. The van der Waals surface area contributed by atoms with Crippen LogP contribution in [0, 0.1) is 6.92 Å². The number of carboxylic acids is 1. The highest BCUT2D eigenvalue weighted by atomic mass is 32.2. The number of aliphatic hydroxyl groups excluding tert-OH is 1. The summed E-state index contributed by atoms with van der Waals surface area (Å²) in [5.41, 5.74) is 0.192. The lowest BCUT2D eigenvalue weighted by Gasteiger charge is -2.18. The molecule has 0 aromatic heterocycles. The molecule has 2 N–H and O–H groups in total. The van der Waals surface area contributed by atoms with Crippen molar-refractivity contribution < 1.29 is 23.4 Å². The molecule has 0 unspecified atom stereocenters. The van der Waals surface area contributed by atoms with Crippen molar-refractivity contribution in [3.05, 3.63) is 29.3 Å². The van der Waals surface area contributed by atoms with E-state index < -0.39 is 22.1 Å². The quantitative estimate of drug-likeness (QED) is 0.840. The Morgan fingerprint density at radius 1 is 1.42 bits per heavy atom. The number of hydrogen-bond acceptors (Lipinski definition) is 4. The standard InChI is InChI=1S/C12H15NO5S/c1-8-10(12(15)16)3-2-4-11(8)19(17,18)13-6-5-9(14)7-13/h2-4,9,14H,5-7H2,1H3,(H,15,16)/t9-/m0/s1. The van der Waals surface area contributed by atoms with E-state index in [1.54, 1.807) is 0 Å². The number of hydrogen-bond donors (Lipinski definition) is 2. The van der Waals surface area contributed by atoms with Gasteiger partial charge >= 0.3 is 5.97 Å². The smallest absolute Gasteiger partial charge is 0.335 e. The molecule has 0 spiro atoms. The van der Waals surface area contributed by atoms with Crippen LogP contribution in [0.1, 0.15) is 22.3 Å². The average Bonchev–Trinajstić information content (AvgIpc) is 2.76. The fourth-order valence-electron chi connectivity index (χ4n) is 2.19. The molecule has 1 saturated heterocycles. The van der Waals surface area contributed by atoms with Gasteiger partial charge in [-0.05, 0) is 31.0 Å². The summed E-state index contributed by atoms with van der Waals surface area (Å²) < 4.78 is 26.0. The Hall–Kier alpha value is -1.44.